The number of halogens is 2. The predicted octanol–water partition coefficient (Wildman–Crippen LogP) is 4.05. The molecule has 2 aromatic rings. The van der Waals surface area contributed by atoms with Crippen LogP contribution in [0.1, 0.15) is 31.3 Å². The van der Waals surface area contributed by atoms with Gasteiger partial charge in [0.25, 0.3) is 5.92 Å². The van der Waals surface area contributed by atoms with E-state index in [0.29, 0.717) is 5.69 Å². The van der Waals surface area contributed by atoms with Crippen LogP contribution in [-0.2, 0) is 17.8 Å². The van der Waals surface area contributed by atoms with E-state index in [1.807, 2.05) is 32.9 Å². The minimum absolute atomic E-state index is 0.0615. The van der Waals surface area contributed by atoms with Crippen molar-refractivity contribution in [3.63, 3.8) is 0 Å². The minimum Gasteiger partial charge on any atom is -0.346 e. The first kappa shape index (κ1) is 19.3. The van der Waals surface area contributed by atoms with Crippen molar-refractivity contribution in [2.45, 2.75) is 33.6 Å². The highest BCUT2D eigenvalue weighted by Crippen LogP contribution is 2.32. The molecule has 0 radical (unpaired) electrons. The summed E-state index contributed by atoms with van der Waals surface area (Å²) in [5.74, 6) is -2.85. The van der Waals surface area contributed by atoms with Crippen molar-refractivity contribution >= 4 is 17.7 Å². The van der Waals surface area contributed by atoms with Gasteiger partial charge in [0.15, 0.2) is 0 Å². The average Bonchev–Trinajstić information content (AvgIpc) is 3.07. The van der Waals surface area contributed by atoms with Crippen molar-refractivity contribution in [1.82, 2.24) is 14.7 Å². The lowest BCUT2D eigenvalue weighted by atomic mass is 10.2. The monoisotopic (exact) mass is 343 g/mol. The Balaban J connectivity index is 0.000000322. The van der Waals surface area contributed by atoms with E-state index in [4.69, 9.17) is 0 Å². The van der Waals surface area contributed by atoms with Gasteiger partial charge in [-0.25, -0.2) is 0 Å². The molecule has 0 N–H and O–H groups in total. The van der Waals surface area contributed by atoms with Gasteiger partial charge in [-0.05, 0) is 39.0 Å². The summed E-state index contributed by atoms with van der Waals surface area (Å²) in [5.41, 5.74) is 0.547. The molecule has 0 aromatic carbocycles. The van der Waals surface area contributed by atoms with Gasteiger partial charge in [-0.15, -0.1) is 11.3 Å². The van der Waals surface area contributed by atoms with Crippen LogP contribution < -0.4 is 0 Å². The summed E-state index contributed by atoms with van der Waals surface area (Å²) in [7, 11) is 1.54. The quantitative estimate of drug-likeness (QED) is 0.768. The maximum absolute atomic E-state index is 13.2. The number of thiophene rings is 1. The molecule has 0 fully saturated rings. The van der Waals surface area contributed by atoms with E-state index in [-0.39, 0.29) is 5.69 Å². The zero-order chi connectivity index (χ0) is 17.6. The van der Waals surface area contributed by atoms with Gasteiger partial charge in [-0.2, -0.15) is 13.9 Å². The van der Waals surface area contributed by atoms with Crippen molar-refractivity contribution in [1.29, 1.82) is 0 Å². The molecule has 128 valence electrons. The molecule has 4 nitrogen and oxygen atoms in total. The standard InChI is InChI=1S/C11H12F2N2S.C5H11NO/c1-7-4-5-9(16-7)8-6-10(11(2,12)13)15(3)14-8;1-3-6(4-2)5-7/h4-6H,1-3H3;5H,3-4H2,1-2H3. The van der Waals surface area contributed by atoms with Gasteiger partial charge in [0.2, 0.25) is 6.41 Å². The molecule has 2 heterocycles. The Labute approximate surface area is 139 Å². The molecule has 0 unspecified atom stereocenters. The molecule has 0 aliphatic carbocycles. The fraction of sp³-hybridized carbons (Fsp3) is 0.500. The molecule has 0 aliphatic heterocycles. The molecule has 7 heteroatoms. The van der Waals surface area contributed by atoms with Gasteiger partial charge in [-0.1, -0.05) is 0 Å². The van der Waals surface area contributed by atoms with Crippen molar-refractivity contribution in [3.05, 3.63) is 28.8 Å². The van der Waals surface area contributed by atoms with Crippen molar-refractivity contribution in [3.8, 4) is 10.6 Å². The van der Waals surface area contributed by atoms with Crippen molar-refractivity contribution in [2.24, 2.45) is 7.05 Å². The molecular formula is C16H23F2N3OS. The second kappa shape index (κ2) is 8.19. The third kappa shape index (κ3) is 5.42. The lowest BCUT2D eigenvalue weighted by Gasteiger charge is -2.08. The number of carbonyl (C=O) groups is 1. The van der Waals surface area contributed by atoms with E-state index < -0.39 is 5.92 Å². The van der Waals surface area contributed by atoms with Crippen LogP contribution in [0, 0.1) is 6.92 Å². The van der Waals surface area contributed by atoms with Crippen LogP contribution in [0.15, 0.2) is 18.2 Å². The van der Waals surface area contributed by atoms with Crippen LogP contribution >= 0.6 is 11.3 Å². The molecule has 0 aliphatic rings. The molecule has 0 spiro atoms. The molecular weight excluding hydrogens is 320 g/mol. The summed E-state index contributed by atoms with van der Waals surface area (Å²) in [6, 6.07) is 5.31. The van der Waals surface area contributed by atoms with Crippen LogP contribution in [0.3, 0.4) is 0 Å². The summed E-state index contributed by atoms with van der Waals surface area (Å²) in [6.45, 7) is 8.41. The normalized spacial score (nSPS) is 10.9. The SMILES string of the molecule is CCN(C=O)CC.Cc1ccc(-c2cc(C(C)(F)F)n(C)n2)s1. The van der Waals surface area contributed by atoms with E-state index in [1.54, 1.807) is 16.2 Å². The first-order valence-corrected chi connectivity index (χ1v) is 8.23. The number of nitrogens with zero attached hydrogens (tertiary/aromatic N) is 3. The van der Waals surface area contributed by atoms with Gasteiger partial charge in [0.05, 0.1) is 4.88 Å². The summed E-state index contributed by atoms with van der Waals surface area (Å²) < 4.78 is 27.6. The molecule has 0 atom stereocenters. The van der Waals surface area contributed by atoms with Gasteiger partial charge in [-0.3, -0.25) is 9.48 Å². The average molecular weight is 343 g/mol. The minimum atomic E-state index is -2.85. The fourth-order valence-corrected chi connectivity index (χ4v) is 2.77. The maximum atomic E-state index is 13.2. The topological polar surface area (TPSA) is 38.1 Å². The molecule has 1 amide bonds. The van der Waals surface area contributed by atoms with E-state index in [1.165, 1.54) is 17.8 Å². The Morgan fingerprint density at radius 2 is 1.96 bits per heavy atom. The Kier molecular flexibility index (Phi) is 6.87. The van der Waals surface area contributed by atoms with Crippen LogP contribution in [0.2, 0.25) is 0 Å². The highest BCUT2D eigenvalue weighted by molar-refractivity contribution is 7.15. The summed E-state index contributed by atoms with van der Waals surface area (Å²) >= 11 is 1.55. The van der Waals surface area contributed by atoms with E-state index in [0.717, 1.165) is 36.2 Å². The molecule has 0 bridgehead atoms. The zero-order valence-corrected chi connectivity index (χ0v) is 15.0. The molecule has 0 saturated heterocycles. The Morgan fingerprint density at radius 3 is 2.26 bits per heavy atom. The molecule has 2 aromatic heterocycles. The number of amides is 1. The van der Waals surface area contributed by atoms with E-state index >= 15 is 0 Å². The first-order chi connectivity index (χ1) is 10.7. The van der Waals surface area contributed by atoms with Crippen molar-refractivity contribution in [2.75, 3.05) is 13.1 Å². The fourth-order valence-electron chi connectivity index (χ4n) is 1.94. The number of aromatic nitrogens is 2. The number of hydrogen-bond acceptors (Lipinski definition) is 3. The Bertz CT molecular complexity index is 628. The summed E-state index contributed by atoms with van der Waals surface area (Å²) in [4.78, 5) is 13.7. The molecule has 23 heavy (non-hydrogen) atoms. The van der Waals surface area contributed by atoms with E-state index in [2.05, 4.69) is 5.10 Å². The Morgan fingerprint density at radius 1 is 1.35 bits per heavy atom. The lowest BCUT2D eigenvalue weighted by Crippen LogP contribution is -2.19. The highest BCUT2D eigenvalue weighted by Gasteiger charge is 2.29. The zero-order valence-electron chi connectivity index (χ0n) is 14.1. The van der Waals surface area contributed by atoms with Crippen LogP contribution in [-0.4, -0.2) is 34.2 Å². The second-order valence-corrected chi connectivity index (χ2v) is 6.45. The van der Waals surface area contributed by atoms with Gasteiger partial charge in [0.1, 0.15) is 11.4 Å². The molecule has 0 saturated carbocycles. The van der Waals surface area contributed by atoms with Gasteiger partial charge in [0, 0.05) is 31.9 Å². The van der Waals surface area contributed by atoms with Crippen LogP contribution in [0.5, 0.6) is 0 Å². The number of aryl methyl sites for hydroxylation is 2. The number of rotatable bonds is 5. The smallest absolute Gasteiger partial charge is 0.286 e. The first-order valence-electron chi connectivity index (χ1n) is 7.41. The van der Waals surface area contributed by atoms with Crippen LogP contribution in [0.4, 0.5) is 8.78 Å². The number of hydrogen-bond donors (Lipinski definition) is 0. The number of carbonyl (C=O) groups excluding carboxylic acids is 1. The predicted molar refractivity (Wildman–Crippen MR) is 89.8 cm³/mol. The number of alkyl halides is 2. The largest absolute Gasteiger partial charge is 0.346 e. The van der Waals surface area contributed by atoms with Crippen molar-refractivity contribution < 1.29 is 13.6 Å². The second-order valence-electron chi connectivity index (χ2n) is 5.16. The third-order valence-electron chi connectivity index (χ3n) is 3.28. The lowest BCUT2D eigenvalue weighted by molar-refractivity contribution is -0.117. The van der Waals surface area contributed by atoms with Crippen LogP contribution in [0.25, 0.3) is 10.6 Å². The summed E-state index contributed by atoms with van der Waals surface area (Å²) in [6.07, 6.45) is 0.861. The third-order valence-corrected chi connectivity index (χ3v) is 4.31. The Hall–Kier alpha value is -1.76. The summed E-state index contributed by atoms with van der Waals surface area (Å²) in [5, 5.41) is 4.11. The highest BCUT2D eigenvalue weighted by atomic mass is 32.1. The maximum Gasteiger partial charge on any atom is 0.286 e. The van der Waals surface area contributed by atoms with E-state index in [9.17, 15) is 13.6 Å². The van der Waals surface area contributed by atoms with Gasteiger partial charge < -0.3 is 4.90 Å². The van der Waals surface area contributed by atoms with Gasteiger partial charge >= 0.3 is 0 Å². The molecule has 2 rings (SSSR count).